The first-order chi connectivity index (χ1) is 7.31. The molecule has 0 aliphatic carbocycles. The largest absolute Gasteiger partial charge is 0.462 e. The van der Waals surface area contributed by atoms with Gasteiger partial charge in [-0.2, -0.15) is 0 Å². The molecule has 2 heterocycles. The molecule has 0 spiro atoms. The molecule has 1 aliphatic heterocycles. The van der Waals surface area contributed by atoms with E-state index in [0.717, 1.165) is 31.8 Å². The lowest BCUT2D eigenvalue weighted by Gasteiger charge is -2.26. The van der Waals surface area contributed by atoms with Gasteiger partial charge in [-0.3, -0.25) is 0 Å². The number of hydrogen-bond acceptors (Lipinski definition) is 4. The molecule has 15 heavy (non-hydrogen) atoms. The number of aliphatic hydroxyl groups is 1. The first kappa shape index (κ1) is 10.7. The molecule has 84 valence electrons. The highest BCUT2D eigenvalue weighted by Gasteiger charge is 2.24. The average Bonchev–Trinajstić information content (AvgIpc) is 2.78. The Bertz CT molecular complexity index is 305. The Balaban J connectivity index is 2.02. The third kappa shape index (κ3) is 2.40. The number of aliphatic hydroxyl groups excluding tert-OH is 1. The molecule has 2 rings (SSSR count). The minimum atomic E-state index is -0.0748. The predicted octanol–water partition coefficient (Wildman–Crippen LogP) is 1.20. The van der Waals surface area contributed by atoms with E-state index < -0.39 is 0 Å². The molecule has 1 aromatic rings. The van der Waals surface area contributed by atoms with Crippen molar-refractivity contribution in [1.29, 1.82) is 0 Å². The molecule has 1 aromatic heterocycles. The fourth-order valence-corrected chi connectivity index (χ4v) is 1.97. The van der Waals surface area contributed by atoms with Gasteiger partial charge in [0.15, 0.2) is 0 Å². The second-order valence-corrected chi connectivity index (χ2v) is 3.94. The minimum absolute atomic E-state index is 0.0690. The van der Waals surface area contributed by atoms with Crippen molar-refractivity contribution in [2.45, 2.75) is 25.5 Å². The van der Waals surface area contributed by atoms with Crippen LogP contribution in [-0.2, 0) is 11.3 Å². The van der Waals surface area contributed by atoms with E-state index >= 15 is 0 Å². The second kappa shape index (κ2) is 4.79. The molecule has 1 aliphatic rings. The lowest BCUT2D eigenvalue weighted by Crippen LogP contribution is -2.27. The Kier molecular flexibility index (Phi) is 3.41. The quantitative estimate of drug-likeness (QED) is 0.788. The summed E-state index contributed by atoms with van der Waals surface area (Å²) in [5, 5.41) is 8.89. The Hall–Kier alpha value is -0.840. The number of hydrogen-bond donors (Lipinski definition) is 2. The summed E-state index contributed by atoms with van der Waals surface area (Å²) in [7, 11) is 0. The molecule has 0 amide bonds. The zero-order valence-electron chi connectivity index (χ0n) is 8.69. The monoisotopic (exact) mass is 211 g/mol. The van der Waals surface area contributed by atoms with Gasteiger partial charge in [-0.1, -0.05) is 0 Å². The lowest BCUT2D eigenvalue weighted by molar-refractivity contribution is 0.0556. The molecule has 0 aromatic carbocycles. The Morgan fingerprint density at radius 1 is 1.40 bits per heavy atom. The minimum Gasteiger partial charge on any atom is -0.462 e. The van der Waals surface area contributed by atoms with Crippen molar-refractivity contribution in [3.05, 3.63) is 23.7 Å². The topological polar surface area (TPSA) is 68.6 Å². The van der Waals surface area contributed by atoms with E-state index in [9.17, 15) is 0 Å². The van der Waals surface area contributed by atoms with Crippen molar-refractivity contribution in [3.8, 4) is 0 Å². The van der Waals surface area contributed by atoms with Gasteiger partial charge in [0.25, 0.3) is 0 Å². The van der Waals surface area contributed by atoms with Crippen molar-refractivity contribution in [1.82, 2.24) is 0 Å². The van der Waals surface area contributed by atoms with Crippen LogP contribution in [0.25, 0.3) is 0 Å². The molecule has 0 radical (unpaired) electrons. The fourth-order valence-electron chi connectivity index (χ4n) is 1.97. The fraction of sp³-hybridized carbons (Fsp3) is 0.636. The van der Waals surface area contributed by atoms with Gasteiger partial charge in [-0.05, 0) is 30.9 Å². The van der Waals surface area contributed by atoms with Crippen LogP contribution in [0.5, 0.6) is 0 Å². The zero-order valence-corrected chi connectivity index (χ0v) is 8.69. The molecule has 1 fully saturated rings. The standard InChI is InChI=1S/C11H17NO3/c12-11(8-3-5-14-6-4-8)10-2-1-9(7-13)15-10/h1-2,8,11,13H,3-7,12H2/t11-/m0/s1. The third-order valence-electron chi connectivity index (χ3n) is 2.94. The van der Waals surface area contributed by atoms with Gasteiger partial charge < -0.3 is 20.0 Å². The van der Waals surface area contributed by atoms with E-state index in [4.69, 9.17) is 20.0 Å². The molecular formula is C11H17NO3. The normalized spacial score (nSPS) is 20.4. The molecule has 1 atom stereocenters. The van der Waals surface area contributed by atoms with Crippen LogP contribution in [0, 0.1) is 5.92 Å². The smallest absolute Gasteiger partial charge is 0.129 e. The molecule has 0 unspecified atom stereocenters. The molecule has 0 bridgehead atoms. The maximum absolute atomic E-state index is 8.89. The van der Waals surface area contributed by atoms with E-state index in [2.05, 4.69) is 0 Å². The molecule has 4 heteroatoms. The van der Waals surface area contributed by atoms with Crippen molar-refractivity contribution in [3.63, 3.8) is 0 Å². The van der Waals surface area contributed by atoms with E-state index in [1.165, 1.54) is 0 Å². The van der Waals surface area contributed by atoms with Gasteiger partial charge >= 0.3 is 0 Å². The van der Waals surface area contributed by atoms with Crippen molar-refractivity contribution in [2.75, 3.05) is 13.2 Å². The summed E-state index contributed by atoms with van der Waals surface area (Å²) in [6.07, 6.45) is 1.96. The van der Waals surface area contributed by atoms with E-state index in [1.54, 1.807) is 6.07 Å². The molecule has 0 saturated carbocycles. The van der Waals surface area contributed by atoms with Crippen LogP contribution < -0.4 is 5.73 Å². The highest BCUT2D eigenvalue weighted by Crippen LogP contribution is 2.28. The van der Waals surface area contributed by atoms with E-state index in [-0.39, 0.29) is 12.6 Å². The summed E-state index contributed by atoms with van der Waals surface area (Å²) < 4.78 is 10.7. The first-order valence-electron chi connectivity index (χ1n) is 5.34. The first-order valence-corrected chi connectivity index (χ1v) is 5.34. The van der Waals surface area contributed by atoms with Gasteiger partial charge in [-0.25, -0.2) is 0 Å². The summed E-state index contributed by atoms with van der Waals surface area (Å²) in [6.45, 7) is 1.50. The molecule has 3 N–H and O–H groups in total. The van der Waals surface area contributed by atoms with Crippen molar-refractivity contribution < 1.29 is 14.3 Å². The Morgan fingerprint density at radius 3 is 2.73 bits per heavy atom. The second-order valence-electron chi connectivity index (χ2n) is 3.94. The van der Waals surface area contributed by atoms with E-state index in [0.29, 0.717) is 11.7 Å². The lowest BCUT2D eigenvalue weighted by atomic mass is 9.91. The van der Waals surface area contributed by atoms with Crippen LogP contribution in [-0.4, -0.2) is 18.3 Å². The summed E-state index contributed by atoms with van der Waals surface area (Å²) in [6, 6.07) is 3.55. The van der Waals surface area contributed by atoms with Crippen LogP contribution in [0.4, 0.5) is 0 Å². The van der Waals surface area contributed by atoms with Crippen LogP contribution in [0.2, 0.25) is 0 Å². The molecule has 4 nitrogen and oxygen atoms in total. The summed E-state index contributed by atoms with van der Waals surface area (Å²) >= 11 is 0. The van der Waals surface area contributed by atoms with Crippen LogP contribution in [0.15, 0.2) is 16.5 Å². The summed E-state index contributed by atoms with van der Waals surface area (Å²) in [4.78, 5) is 0. The number of nitrogens with two attached hydrogens (primary N) is 1. The van der Waals surface area contributed by atoms with Crippen LogP contribution in [0.3, 0.4) is 0 Å². The number of furan rings is 1. The number of rotatable bonds is 3. The van der Waals surface area contributed by atoms with Gasteiger partial charge in [-0.15, -0.1) is 0 Å². The van der Waals surface area contributed by atoms with Gasteiger partial charge in [0.05, 0.1) is 6.04 Å². The third-order valence-corrected chi connectivity index (χ3v) is 2.94. The predicted molar refractivity (Wildman–Crippen MR) is 55.1 cm³/mol. The van der Waals surface area contributed by atoms with Crippen molar-refractivity contribution >= 4 is 0 Å². The highest BCUT2D eigenvalue weighted by atomic mass is 16.5. The Morgan fingerprint density at radius 2 is 2.13 bits per heavy atom. The zero-order chi connectivity index (χ0) is 10.7. The van der Waals surface area contributed by atoms with Crippen LogP contribution >= 0.6 is 0 Å². The summed E-state index contributed by atoms with van der Waals surface area (Å²) in [5.74, 6) is 1.77. The Labute approximate surface area is 89.0 Å². The maximum Gasteiger partial charge on any atom is 0.129 e. The summed E-state index contributed by atoms with van der Waals surface area (Å²) in [5.41, 5.74) is 6.11. The molecular weight excluding hydrogens is 194 g/mol. The van der Waals surface area contributed by atoms with Crippen LogP contribution in [0.1, 0.15) is 30.4 Å². The average molecular weight is 211 g/mol. The van der Waals surface area contributed by atoms with Crippen molar-refractivity contribution in [2.24, 2.45) is 11.7 Å². The van der Waals surface area contributed by atoms with E-state index in [1.807, 2.05) is 6.07 Å². The number of ether oxygens (including phenoxy) is 1. The maximum atomic E-state index is 8.89. The SMILES string of the molecule is N[C@H](c1ccc(CO)o1)C1CCOCC1. The van der Waals surface area contributed by atoms with Gasteiger partial charge in [0.1, 0.15) is 18.1 Å². The van der Waals surface area contributed by atoms with Gasteiger partial charge in [0, 0.05) is 13.2 Å². The molecule has 1 saturated heterocycles. The highest BCUT2D eigenvalue weighted by molar-refractivity contribution is 5.10. The van der Waals surface area contributed by atoms with Gasteiger partial charge in [0.2, 0.25) is 0 Å².